The highest BCUT2D eigenvalue weighted by atomic mass is 32.2. The topological polar surface area (TPSA) is 52.0 Å². The molecule has 0 aliphatic rings. The van der Waals surface area contributed by atoms with Crippen LogP contribution in [-0.2, 0) is 0 Å². The predicted molar refractivity (Wildman–Crippen MR) is 101 cm³/mol. The van der Waals surface area contributed by atoms with Gasteiger partial charge in [0.2, 0.25) is 0 Å². The van der Waals surface area contributed by atoms with Crippen molar-refractivity contribution < 1.29 is 0 Å². The first-order chi connectivity index (χ1) is 11.1. The molecule has 3 aromatic carbocycles. The van der Waals surface area contributed by atoms with E-state index in [-0.39, 0.29) is 0 Å². The van der Waals surface area contributed by atoms with Gasteiger partial charge in [-0.3, -0.25) is 0 Å². The van der Waals surface area contributed by atoms with Crippen LogP contribution in [0.2, 0.25) is 0 Å². The monoisotopic (exact) mass is 338 g/mol. The van der Waals surface area contributed by atoms with Crippen molar-refractivity contribution in [2.24, 2.45) is 0 Å². The molecular weight excluding hydrogens is 320 g/mol. The van der Waals surface area contributed by atoms with Crippen LogP contribution in [0.4, 0.5) is 11.4 Å². The van der Waals surface area contributed by atoms with Crippen LogP contribution in [-0.4, -0.2) is 0 Å². The Morgan fingerprint density at radius 1 is 0.609 bits per heavy atom. The van der Waals surface area contributed by atoms with Gasteiger partial charge in [0, 0.05) is 31.0 Å². The summed E-state index contributed by atoms with van der Waals surface area (Å²) in [7, 11) is 0. The molecule has 2 nitrogen and oxygen atoms in total. The summed E-state index contributed by atoms with van der Waals surface area (Å²) in [5, 5.41) is 0. The molecule has 0 amide bonds. The average Bonchev–Trinajstić information content (AvgIpc) is 2.54. The van der Waals surface area contributed by atoms with Crippen LogP contribution < -0.4 is 11.5 Å². The summed E-state index contributed by atoms with van der Waals surface area (Å²) in [6.07, 6.45) is 0. The molecule has 3 aromatic rings. The fourth-order valence-electron chi connectivity index (χ4n) is 2.13. The second kappa shape index (κ2) is 7.02. The lowest BCUT2D eigenvalue weighted by molar-refractivity contribution is 1.23. The summed E-state index contributed by atoms with van der Waals surface area (Å²) in [5.74, 6) is 0. The molecule has 0 heterocycles. The molecule has 0 saturated carbocycles. The van der Waals surface area contributed by atoms with E-state index in [1.54, 1.807) is 23.5 Å². The van der Waals surface area contributed by atoms with Gasteiger partial charge in [-0.1, -0.05) is 23.5 Å². The third-order valence-corrected chi connectivity index (χ3v) is 5.55. The lowest BCUT2D eigenvalue weighted by atomic mass is 10.2. The van der Waals surface area contributed by atoms with Gasteiger partial charge in [0.15, 0.2) is 0 Å². The van der Waals surface area contributed by atoms with E-state index in [0.29, 0.717) is 0 Å². The fourth-order valence-corrected chi connectivity index (χ4v) is 3.93. The maximum atomic E-state index is 5.73. The van der Waals surface area contributed by atoms with Crippen molar-refractivity contribution in [3.8, 4) is 0 Å². The Morgan fingerprint density at radius 2 is 1.09 bits per heavy atom. The molecule has 0 aliphatic heterocycles. The number of hydrogen-bond donors (Lipinski definition) is 2. The van der Waals surface area contributed by atoms with Gasteiger partial charge in [0.25, 0.3) is 0 Å². The van der Waals surface area contributed by atoms with Crippen molar-refractivity contribution >= 4 is 34.9 Å². The maximum Gasteiger partial charge on any atom is 0.0314 e. The summed E-state index contributed by atoms with van der Waals surface area (Å²) < 4.78 is 0. The second-order valence-electron chi connectivity index (χ2n) is 5.27. The predicted octanol–water partition coefficient (Wildman–Crippen LogP) is 5.46. The smallest absolute Gasteiger partial charge is 0.0314 e. The van der Waals surface area contributed by atoms with Gasteiger partial charge in [0.1, 0.15) is 0 Å². The van der Waals surface area contributed by atoms with Crippen molar-refractivity contribution in [1.29, 1.82) is 0 Å². The molecule has 0 bridgehead atoms. The van der Waals surface area contributed by atoms with Crippen molar-refractivity contribution in [3.05, 3.63) is 72.3 Å². The standard InChI is InChI=1S/C19H18N2S2/c1-13-12-18(22-16-6-2-14(20)3-7-16)10-11-19(13)23-17-8-4-15(21)5-9-17/h2-12H,20-21H2,1H3. The van der Waals surface area contributed by atoms with Crippen LogP contribution in [0.3, 0.4) is 0 Å². The minimum Gasteiger partial charge on any atom is -0.399 e. The molecule has 0 aliphatic carbocycles. The third-order valence-electron chi connectivity index (χ3n) is 3.37. The fraction of sp³-hybridized carbons (Fsp3) is 0.0526. The Bertz CT molecular complexity index is 797. The van der Waals surface area contributed by atoms with Crippen LogP contribution in [0.25, 0.3) is 0 Å². The van der Waals surface area contributed by atoms with Crippen LogP contribution in [0.5, 0.6) is 0 Å². The first-order valence-corrected chi connectivity index (χ1v) is 8.91. The summed E-state index contributed by atoms with van der Waals surface area (Å²) in [4.78, 5) is 4.88. The summed E-state index contributed by atoms with van der Waals surface area (Å²) in [6, 6.07) is 22.5. The van der Waals surface area contributed by atoms with Gasteiger partial charge in [-0.05, 0) is 79.2 Å². The molecular formula is C19H18N2S2. The number of nitrogen functional groups attached to an aromatic ring is 2. The zero-order valence-electron chi connectivity index (χ0n) is 12.8. The molecule has 0 unspecified atom stereocenters. The molecule has 4 N–H and O–H groups in total. The minimum absolute atomic E-state index is 0.792. The van der Waals surface area contributed by atoms with E-state index in [2.05, 4.69) is 37.3 Å². The van der Waals surface area contributed by atoms with Crippen molar-refractivity contribution in [3.63, 3.8) is 0 Å². The zero-order valence-corrected chi connectivity index (χ0v) is 14.5. The van der Waals surface area contributed by atoms with E-state index in [1.807, 2.05) is 36.4 Å². The summed E-state index contributed by atoms with van der Waals surface area (Å²) in [6.45, 7) is 2.15. The number of anilines is 2. The number of nitrogens with two attached hydrogens (primary N) is 2. The normalized spacial score (nSPS) is 10.7. The third kappa shape index (κ3) is 4.24. The van der Waals surface area contributed by atoms with E-state index >= 15 is 0 Å². The highest BCUT2D eigenvalue weighted by molar-refractivity contribution is 7.99. The first kappa shape index (κ1) is 15.8. The van der Waals surface area contributed by atoms with Crippen molar-refractivity contribution in [2.45, 2.75) is 26.5 Å². The van der Waals surface area contributed by atoms with Crippen molar-refractivity contribution in [2.75, 3.05) is 11.5 Å². The molecule has 4 heteroatoms. The molecule has 0 fully saturated rings. The average molecular weight is 339 g/mol. The van der Waals surface area contributed by atoms with Crippen LogP contribution in [0, 0.1) is 6.92 Å². The molecule has 3 rings (SSSR count). The van der Waals surface area contributed by atoms with E-state index in [4.69, 9.17) is 11.5 Å². The Kier molecular flexibility index (Phi) is 4.84. The zero-order chi connectivity index (χ0) is 16.2. The van der Waals surface area contributed by atoms with E-state index < -0.39 is 0 Å². The lowest BCUT2D eigenvalue weighted by Gasteiger charge is -2.09. The first-order valence-electron chi connectivity index (χ1n) is 7.27. The Morgan fingerprint density at radius 3 is 1.61 bits per heavy atom. The van der Waals surface area contributed by atoms with Crippen LogP contribution in [0.1, 0.15) is 5.56 Å². The number of hydrogen-bond acceptors (Lipinski definition) is 4. The summed E-state index contributed by atoms with van der Waals surface area (Å²) in [5.41, 5.74) is 14.3. The van der Waals surface area contributed by atoms with Gasteiger partial charge < -0.3 is 11.5 Å². The minimum atomic E-state index is 0.792. The molecule has 0 atom stereocenters. The van der Waals surface area contributed by atoms with Crippen molar-refractivity contribution in [1.82, 2.24) is 0 Å². The molecule has 0 spiro atoms. The molecule has 23 heavy (non-hydrogen) atoms. The highest BCUT2D eigenvalue weighted by Gasteiger charge is 2.04. The Labute approximate surface area is 145 Å². The van der Waals surface area contributed by atoms with E-state index in [1.165, 1.54) is 25.1 Å². The second-order valence-corrected chi connectivity index (χ2v) is 7.53. The van der Waals surface area contributed by atoms with Gasteiger partial charge >= 0.3 is 0 Å². The molecule has 0 saturated heterocycles. The lowest BCUT2D eigenvalue weighted by Crippen LogP contribution is -1.85. The van der Waals surface area contributed by atoms with E-state index in [9.17, 15) is 0 Å². The SMILES string of the molecule is Cc1cc(Sc2ccc(N)cc2)ccc1Sc1ccc(N)cc1. The largest absolute Gasteiger partial charge is 0.399 e. The number of benzene rings is 3. The highest BCUT2D eigenvalue weighted by Crippen LogP contribution is 2.35. The number of aryl methyl sites for hydroxylation is 1. The molecule has 0 radical (unpaired) electrons. The van der Waals surface area contributed by atoms with Gasteiger partial charge in [0.05, 0.1) is 0 Å². The number of rotatable bonds is 4. The Hall–Kier alpha value is -2.04. The quantitative estimate of drug-likeness (QED) is 0.620. The Balaban J connectivity index is 1.75. The van der Waals surface area contributed by atoms with Gasteiger partial charge in [-0.15, -0.1) is 0 Å². The maximum absolute atomic E-state index is 5.73. The summed E-state index contributed by atoms with van der Waals surface area (Å²) >= 11 is 3.50. The molecule has 0 aromatic heterocycles. The van der Waals surface area contributed by atoms with Gasteiger partial charge in [-0.2, -0.15) is 0 Å². The van der Waals surface area contributed by atoms with Gasteiger partial charge in [-0.25, -0.2) is 0 Å². The van der Waals surface area contributed by atoms with Crippen LogP contribution >= 0.6 is 23.5 Å². The van der Waals surface area contributed by atoms with Crippen LogP contribution in [0.15, 0.2) is 86.3 Å². The molecule has 116 valence electrons. The van der Waals surface area contributed by atoms with E-state index in [0.717, 1.165) is 11.4 Å².